The van der Waals surface area contributed by atoms with E-state index in [1.807, 2.05) is 0 Å². The van der Waals surface area contributed by atoms with E-state index >= 15 is 0 Å². The Balaban J connectivity index is 2.24. The van der Waals surface area contributed by atoms with Crippen LogP contribution in [0.4, 0.5) is 0 Å². The second-order valence-corrected chi connectivity index (χ2v) is 2.79. The van der Waals surface area contributed by atoms with Crippen LogP contribution in [0.3, 0.4) is 0 Å². The Kier molecular flexibility index (Phi) is 2.49. The molecule has 0 aliphatic heterocycles. The average Bonchev–Trinajstić information content (AvgIpc) is 2.37. The van der Waals surface area contributed by atoms with E-state index in [1.54, 1.807) is 0 Å². The average molecular weight is 130 g/mol. The van der Waals surface area contributed by atoms with Crippen molar-refractivity contribution in [2.24, 2.45) is 5.92 Å². The fourth-order valence-corrected chi connectivity index (χ4v) is 1.49. The number of hydrogen-bond donors (Lipinski definition) is 2. The Morgan fingerprint density at radius 3 is 2.33 bits per heavy atom. The third-order valence-electron chi connectivity index (χ3n) is 2.13. The Hall–Kier alpha value is -0.0800. The van der Waals surface area contributed by atoms with Crippen molar-refractivity contribution in [2.45, 2.75) is 31.8 Å². The van der Waals surface area contributed by atoms with Gasteiger partial charge in [-0.05, 0) is 18.8 Å². The summed E-state index contributed by atoms with van der Waals surface area (Å²) in [4.78, 5) is 0. The molecule has 1 aliphatic rings. The quantitative estimate of drug-likeness (QED) is 0.572. The van der Waals surface area contributed by atoms with E-state index in [4.69, 9.17) is 10.2 Å². The minimum Gasteiger partial charge on any atom is -0.394 e. The first-order valence-corrected chi connectivity index (χ1v) is 3.63. The van der Waals surface area contributed by atoms with E-state index in [2.05, 4.69) is 0 Å². The van der Waals surface area contributed by atoms with E-state index in [0.717, 1.165) is 12.8 Å². The maximum Gasteiger partial charge on any atom is 0.0799 e. The third-order valence-corrected chi connectivity index (χ3v) is 2.13. The SMILES string of the molecule is OC[C@H](O)C1CCCC1. The van der Waals surface area contributed by atoms with Gasteiger partial charge in [0.25, 0.3) is 0 Å². The summed E-state index contributed by atoms with van der Waals surface area (Å²) in [5.74, 6) is 0.384. The number of rotatable bonds is 2. The number of aliphatic hydroxyl groups is 2. The van der Waals surface area contributed by atoms with Gasteiger partial charge in [-0.1, -0.05) is 12.8 Å². The summed E-state index contributed by atoms with van der Waals surface area (Å²) in [7, 11) is 0. The predicted octanol–water partition coefficient (Wildman–Crippen LogP) is 0.530. The van der Waals surface area contributed by atoms with Crippen LogP contribution in [0.1, 0.15) is 25.7 Å². The molecule has 1 fully saturated rings. The second-order valence-electron chi connectivity index (χ2n) is 2.79. The van der Waals surface area contributed by atoms with Gasteiger partial charge in [0.15, 0.2) is 0 Å². The van der Waals surface area contributed by atoms with Crippen LogP contribution in [0.2, 0.25) is 0 Å². The van der Waals surface area contributed by atoms with Gasteiger partial charge in [0.05, 0.1) is 12.7 Å². The summed E-state index contributed by atoms with van der Waals surface area (Å²) in [6.45, 7) is -0.0648. The minimum atomic E-state index is -0.451. The molecule has 1 saturated carbocycles. The van der Waals surface area contributed by atoms with Crippen LogP contribution < -0.4 is 0 Å². The van der Waals surface area contributed by atoms with Crippen LogP contribution in [-0.4, -0.2) is 22.9 Å². The maximum atomic E-state index is 9.11. The van der Waals surface area contributed by atoms with E-state index < -0.39 is 6.10 Å². The monoisotopic (exact) mass is 130 g/mol. The summed E-state index contributed by atoms with van der Waals surface area (Å²) >= 11 is 0. The van der Waals surface area contributed by atoms with Crippen molar-refractivity contribution in [1.29, 1.82) is 0 Å². The van der Waals surface area contributed by atoms with Crippen LogP contribution >= 0.6 is 0 Å². The van der Waals surface area contributed by atoms with Crippen LogP contribution in [0, 0.1) is 5.92 Å². The van der Waals surface area contributed by atoms with Gasteiger partial charge < -0.3 is 10.2 Å². The van der Waals surface area contributed by atoms with Gasteiger partial charge in [0.2, 0.25) is 0 Å². The largest absolute Gasteiger partial charge is 0.394 e. The molecule has 1 rings (SSSR count). The molecule has 0 spiro atoms. The maximum absolute atomic E-state index is 9.11. The molecule has 1 aliphatic carbocycles. The molecule has 2 heteroatoms. The first-order valence-electron chi connectivity index (χ1n) is 3.63. The molecular formula is C7H14O2. The second kappa shape index (κ2) is 3.18. The van der Waals surface area contributed by atoms with E-state index in [0.29, 0.717) is 5.92 Å². The summed E-state index contributed by atoms with van der Waals surface area (Å²) in [5, 5.41) is 17.7. The lowest BCUT2D eigenvalue weighted by atomic mass is 10.0. The highest BCUT2D eigenvalue weighted by Crippen LogP contribution is 2.27. The molecule has 0 bridgehead atoms. The highest BCUT2D eigenvalue weighted by atomic mass is 16.3. The van der Waals surface area contributed by atoms with Gasteiger partial charge in [-0.15, -0.1) is 0 Å². The molecule has 0 aromatic heterocycles. The number of hydrogen-bond acceptors (Lipinski definition) is 2. The molecule has 0 heterocycles. The fraction of sp³-hybridized carbons (Fsp3) is 1.00. The van der Waals surface area contributed by atoms with E-state index in [1.165, 1.54) is 12.8 Å². The predicted molar refractivity (Wildman–Crippen MR) is 35.1 cm³/mol. The Bertz CT molecular complexity index is 77.0. The normalized spacial score (nSPS) is 24.7. The lowest BCUT2D eigenvalue weighted by Crippen LogP contribution is -2.21. The van der Waals surface area contributed by atoms with Crippen LogP contribution in [0.15, 0.2) is 0 Å². The smallest absolute Gasteiger partial charge is 0.0799 e. The molecule has 2 N–H and O–H groups in total. The van der Waals surface area contributed by atoms with Gasteiger partial charge in [0.1, 0.15) is 0 Å². The molecule has 0 aromatic carbocycles. The van der Waals surface area contributed by atoms with Gasteiger partial charge in [-0.3, -0.25) is 0 Å². The van der Waals surface area contributed by atoms with E-state index in [-0.39, 0.29) is 6.61 Å². The van der Waals surface area contributed by atoms with Crippen LogP contribution in [0.25, 0.3) is 0 Å². The standard InChI is InChI=1S/C7H14O2/c8-5-7(9)6-3-1-2-4-6/h6-9H,1-5H2/t7-/m0/s1. The van der Waals surface area contributed by atoms with Crippen molar-refractivity contribution < 1.29 is 10.2 Å². The highest BCUT2D eigenvalue weighted by molar-refractivity contribution is 4.73. The van der Waals surface area contributed by atoms with Crippen molar-refractivity contribution in [3.05, 3.63) is 0 Å². The van der Waals surface area contributed by atoms with Gasteiger partial charge in [-0.25, -0.2) is 0 Å². The first-order chi connectivity index (χ1) is 4.34. The van der Waals surface area contributed by atoms with E-state index in [9.17, 15) is 0 Å². The van der Waals surface area contributed by atoms with Crippen molar-refractivity contribution >= 4 is 0 Å². The molecule has 0 amide bonds. The zero-order valence-corrected chi connectivity index (χ0v) is 5.58. The van der Waals surface area contributed by atoms with Crippen LogP contribution in [0.5, 0.6) is 0 Å². The molecule has 2 nitrogen and oxygen atoms in total. The molecule has 0 aromatic rings. The fourth-order valence-electron chi connectivity index (χ4n) is 1.49. The molecule has 9 heavy (non-hydrogen) atoms. The van der Waals surface area contributed by atoms with Gasteiger partial charge in [0, 0.05) is 0 Å². The van der Waals surface area contributed by atoms with Crippen molar-refractivity contribution in [3.8, 4) is 0 Å². The molecule has 1 atom stereocenters. The van der Waals surface area contributed by atoms with Crippen molar-refractivity contribution in [1.82, 2.24) is 0 Å². The lowest BCUT2D eigenvalue weighted by molar-refractivity contribution is 0.0494. The van der Waals surface area contributed by atoms with Crippen molar-refractivity contribution in [2.75, 3.05) is 6.61 Å². The molecular weight excluding hydrogens is 116 g/mol. The molecule has 0 unspecified atom stereocenters. The molecule has 0 radical (unpaired) electrons. The molecule has 0 saturated heterocycles. The first kappa shape index (κ1) is 7.03. The Labute approximate surface area is 55.5 Å². The zero-order chi connectivity index (χ0) is 6.69. The lowest BCUT2D eigenvalue weighted by Gasteiger charge is -2.13. The van der Waals surface area contributed by atoms with Crippen LogP contribution in [-0.2, 0) is 0 Å². The molecule has 54 valence electrons. The zero-order valence-electron chi connectivity index (χ0n) is 5.58. The Morgan fingerprint density at radius 1 is 1.33 bits per heavy atom. The summed E-state index contributed by atoms with van der Waals surface area (Å²) in [5.41, 5.74) is 0. The summed E-state index contributed by atoms with van der Waals surface area (Å²) < 4.78 is 0. The number of aliphatic hydroxyl groups excluding tert-OH is 2. The third kappa shape index (κ3) is 1.66. The summed E-state index contributed by atoms with van der Waals surface area (Å²) in [6, 6.07) is 0. The highest BCUT2D eigenvalue weighted by Gasteiger charge is 2.21. The minimum absolute atomic E-state index is 0.0648. The topological polar surface area (TPSA) is 40.5 Å². The Morgan fingerprint density at radius 2 is 1.89 bits per heavy atom. The van der Waals surface area contributed by atoms with Crippen molar-refractivity contribution in [3.63, 3.8) is 0 Å². The summed E-state index contributed by atoms with van der Waals surface area (Å²) in [6.07, 6.45) is 4.19. The van der Waals surface area contributed by atoms with Gasteiger partial charge >= 0.3 is 0 Å². The van der Waals surface area contributed by atoms with Gasteiger partial charge in [-0.2, -0.15) is 0 Å².